The average Bonchev–Trinajstić information content (AvgIpc) is 2.86. The lowest BCUT2D eigenvalue weighted by atomic mass is 9.90. The fourth-order valence-electron chi connectivity index (χ4n) is 4.26. The van der Waals surface area contributed by atoms with Crippen LogP contribution in [0.4, 0.5) is 0 Å². The van der Waals surface area contributed by atoms with E-state index in [1.54, 1.807) is 0 Å². The second kappa shape index (κ2) is 11.2. The molecule has 1 aliphatic heterocycles. The summed E-state index contributed by atoms with van der Waals surface area (Å²) in [6.45, 7) is 9.75. The van der Waals surface area contributed by atoms with Gasteiger partial charge in [-0.05, 0) is 66.0 Å². The van der Waals surface area contributed by atoms with Gasteiger partial charge in [0.15, 0.2) is 0 Å². The molecule has 32 heavy (non-hydrogen) atoms. The van der Waals surface area contributed by atoms with E-state index in [1.165, 1.54) is 22.3 Å². The van der Waals surface area contributed by atoms with E-state index in [1.807, 2.05) is 18.2 Å². The molecule has 1 heterocycles. The van der Waals surface area contributed by atoms with Gasteiger partial charge >= 0.3 is 0 Å². The number of fused-ring (bicyclic) bond motifs is 1. The van der Waals surface area contributed by atoms with E-state index in [9.17, 15) is 0 Å². The fourth-order valence-corrected chi connectivity index (χ4v) is 4.26. The Morgan fingerprint density at radius 1 is 0.875 bits per heavy atom. The van der Waals surface area contributed by atoms with Crippen molar-refractivity contribution in [1.82, 2.24) is 10.2 Å². The highest BCUT2D eigenvalue weighted by Crippen LogP contribution is 2.32. The van der Waals surface area contributed by atoms with Crippen LogP contribution in [0.25, 0.3) is 0 Å². The second-order valence-corrected chi connectivity index (χ2v) is 8.22. The highest BCUT2D eigenvalue weighted by atomic mass is 16.5. The fraction of sp³-hybridized carbons (Fsp3) is 0.357. The Balaban J connectivity index is 1.39. The maximum atomic E-state index is 6.05. The maximum Gasteiger partial charge on any atom is 0.119 e. The summed E-state index contributed by atoms with van der Waals surface area (Å²) in [4.78, 5) is 2.38. The second-order valence-electron chi connectivity index (χ2n) is 8.22. The molecule has 1 unspecified atom stereocenters. The molecule has 0 aliphatic carbocycles. The Labute approximate surface area is 192 Å². The van der Waals surface area contributed by atoms with Crippen molar-refractivity contribution in [3.05, 3.63) is 95.1 Å². The predicted octanol–water partition coefficient (Wildman–Crippen LogP) is 5.22. The topological polar surface area (TPSA) is 33.7 Å². The first kappa shape index (κ1) is 22.4. The van der Waals surface area contributed by atoms with Crippen molar-refractivity contribution < 1.29 is 9.47 Å². The predicted molar refractivity (Wildman–Crippen MR) is 130 cm³/mol. The zero-order chi connectivity index (χ0) is 22.2. The summed E-state index contributed by atoms with van der Waals surface area (Å²) < 4.78 is 12.0. The van der Waals surface area contributed by atoms with Crippen molar-refractivity contribution >= 4 is 0 Å². The summed E-state index contributed by atoms with van der Waals surface area (Å²) in [7, 11) is 0. The van der Waals surface area contributed by atoms with Crippen LogP contribution in [0.3, 0.4) is 0 Å². The van der Waals surface area contributed by atoms with Crippen molar-refractivity contribution in [2.45, 2.75) is 32.9 Å². The number of hydrogen-bond acceptors (Lipinski definition) is 4. The Hall–Kier alpha value is -2.82. The molecule has 4 nitrogen and oxygen atoms in total. The van der Waals surface area contributed by atoms with Gasteiger partial charge in [-0.15, -0.1) is 0 Å². The number of nitrogens with one attached hydrogen (secondary N) is 1. The van der Waals surface area contributed by atoms with E-state index in [4.69, 9.17) is 9.47 Å². The molecule has 0 saturated carbocycles. The van der Waals surface area contributed by atoms with Crippen LogP contribution in [0, 0.1) is 0 Å². The van der Waals surface area contributed by atoms with Gasteiger partial charge in [0.1, 0.15) is 24.7 Å². The normalized spacial score (nSPS) is 15.4. The average molecular weight is 431 g/mol. The Morgan fingerprint density at radius 3 is 2.38 bits per heavy atom. The number of rotatable bonds is 10. The molecular formula is C28H34N2O2. The molecule has 168 valence electrons. The zero-order valence-corrected chi connectivity index (χ0v) is 19.2. The van der Waals surface area contributed by atoms with Crippen LogP contribution in [0.15, 0.2) is 72.8 Å². The molecule has 4 rings (SSSR count). The highest BCUT2D eigenvalue weighted by Gasteiger charge is 2.21. The summed E-state index contributed by atoms with van der Waals surface area (Å²) in [5, 5.41) is 3.67. The van der Waals surface area contributed by atoms with Gasteiger partial charge in [0, 0.05) is 13.1 Å². The third-order valence-electron chi connectivity index (χ3n) is 6.20. The van der Waals surface area contributed by atoms with Crippen molar-refractivity contribution in [2.24, 2.45) is 0 Å². The molecule has 0 bridgehead atoms. The minimum atomic E-state index is 0.201. The van der Waals surface area contributed by atoms with E-state index in [-0.39, 0.29) is 6.04 Å². The Kier molecular flexibility index (Phi) is 7.81. The number of hydrogen-bond donors (Lipinski definition) is 1. The van der Waals surface area contributed by atoms with Gasteiger partial charge in [-0.3, -0.25) is 0 Å². The quantitative estimate of drug-likeness (QED) is 0.478. The summed E-state index contributed by atoms with van der Waals surface area (Å²) in [6.07, 6.45) is 1.03. The molecule has 1 atom stereocenters. The molecule has 1 aliphatic rings. The van der Waals surface area contributed by atoms with Crippen LogP contribution in [-0.2, 0) is 13.0 Å². The van der Waals surface area contributed by atoms with Gasteiger partial charge < -0.3 is 19.7 Å². The van der Waals surface area contributed by atoms with Crippen LogP contribution in [0.2, 0.25) is 0 Å². The van der Waals surface area contributed by atoms with E-state index < -0.39 is 0 Å². The third-order valence-corrected chi connectivity index (χ3v) is 6.20. The van der Waals surface area contributed by atoms with Crippen LogP contribution >= 0.6 is 0 Å². The first-order chi connectivity index (χ1) is 15.8. The molecule has 0 radical (unpaired) electrons. The number of ether oxygens (including phenoxy) is 2. The molecule has 1 N–H and O–H groups in total. The molecular weight excluding hydrogens is 396 g/mol. The SMILES string of the molecule is CCN(CC)CCOc1ccc2c(c1)CCNC2c1ccc(OCc2ccccc2)cc1. The zero-order valence-electron chi connectivity index (χ0n) is 19.2. The lowest BCUT2D eigenvalue weighted by Gasteiger charge is -2.28. The van der Waals surface area contributed by atoms with Crippen molar-refractivity contribution in [1.29, 1.82) is 0 Å². The van der Waals surface area contributed by atoms with Gasteiger partial charge in [0.2, 0.25) is 0 Å². The van der Waals surface area contributed by atoms with Gasteiger partial charge in [0.25, 0.3) is 0 Å². The van der Waals surface area contributed by atoms with E-state index >= 15 is 0 Å². The lowest BCUT2D eigenvalue weighted by molar-refractivity contribution is 0.222. The minimum Gasteiger partial charge on any atom is -0.492 e. The molecule has 0 spiro atoms. The summed E-state index contributed by atoms with van der Waals surface area (Å²) in [5.41, 5.74) is 5.14. The van der Waals surface area contributed by atoms with Crippen molar-refractivity contribution in [2.75, 3.05) is 32.8 Å². The molecule has 4 heteroatoms. The number of likely N-dealkylation sites (N-methyl/N-ethyl adjacent to an activating group) is 1. The van der Waals surface area contributed by atoms with E-state index in [0.29, 0.717) is 6.61 Å². The molecule has 3 aromatic carbocycles. The van der Waals surface area contributed by atoms with Gasteiger partial charge in [-0.1, -0.05) is 62.4 Å². The first-order valence-corrected chi connectivity index (χ1v) is 11.7. The molecule has 3 aromatic rings. The minimum absolute atomic E-state index is 0.201. The monoisotopic (exact) mass is 430 g/mol. The number of benzene rings is 3. The summed E-state index contributed by atoms with van der Waals surface area (Å²) in [5.74, 6) is 1.87. The van der Waals surface area contributed by atoms with Crippen molar-refractivity contribution in [3.8, 4) is 11.5 Å². The van der Waals surface area contributed by atoms with Crippen molar-refractivity contribution in [3.63, 3.8) is 0 Å². The Bertz CT molecular complexity index is 968. The molecule has 0 amide bonds. The standard InChI is InChI=1S/C28H34N2O2/c1-3-30(4-2)18-19-31-26-14-15-27-24(20-26)16-17-29-28(27)23-10-12-25(13-11-23)32-21-22-8-6-5-7-9-22/h5-15,20,28-29H,3-4,16-19,21H2,1-2H3. The van der Waals surface area contributed by atoms with E-state index in [0.717, 1.165) is 50.7 Å². The first-order valence-electron chi connectivity index (χ1n) is 11.7. The maximum absolute atomic E-state index is 6.05. The molecule has 0 aromatic heterocycles. The molecule has 0 fully saturated rings. The van der Waals surface area contributed by atoms with Gasteiger partial charge in [0.05, 0.1) is 6.04 Å². The summed E-state index contributed by atoms with van der Waals surface area (Å²) >= 11 is 0. The van der Waals surface area contributed by atoms with Crippen LogP contribution in [0.1, 0.15) is 42.1 Å². The van der Waals surface area contributed by atoms with Gasteiger partial charge in [-0.25, -0.2) is 0 Å². The third kappa shape index (κ3) is 5.70. The van der Waals surface area contributed by atoms with Crippen LogP contribution < -0.4 is 14.8 Å². The largest absolute Gasteiger partial charge is 0.492 e. The van der Waals surface area contributed by atoms with E-state index in [2.05, 4.69) is 78.7 Å². The molecule has 0 saturated heterocycles. The Morgan fingerprint density at radius 2 is 1.62 bits per heavy atom. The summed E-state index contributed by atoms with van der Waals surface area (Å²) in [6, 6.07) is 25.5. The number of nitrogens with zero attached hydrogens (tertiary/aromatic N) is 1. The lowest BCUT2D eigenvalue weighted by Crippen LogP contribution is -2.30. The smallest absolute Gasteiger partial charge is 0.119 e. The van der Waals surface area contributed by atoms with Gasteiger partial charge in [-0.2, -0.15) is 0 Å². The highest BCUT2D eigenvalue weighted by molar-refractivity contribution is 5.44. The van der Waals surface area contributed by atoms with Crippen LogP contribution in [0.5, 0.6) is 11.5 Å². The van der Waals surface area contributed by atoms with Crippen LogP contribution in [-0.4, -0.2) is 37.7 Å².